The second-order valence-corrected chi connectivity index (χ2v) is 4.44. The molecule has 5 heteroatoms. The first-order valence-corrected chi connectivity index (χ1v) is 5.86. The van der Waals surface area contributed by atoms with Crippen molar-refractivity contribution in [1.29, 1.82) is 0 Å². The maximum Gasteiger partial charge on any atom is 0.188 e. The molecule has 0 unspecified atom stereocenters. The second kappa shape index (κ2) is 9.13. The SMILES string of the molecule is CC(C)CCNC(N)=NCc1cccc(F)c1.I. The number of rotatable bonds is 5. The van der Waals surface area contributed by atoms with E-state index in [9.17, 15) is 4.39 Å². The molecule has 0 spiro atoms. The van der Waals surface area contributed by atoms with Crippen molar-refractivity contribution in [3.05, 3.63) is 35.6 Å². The first kappa shape index (κ1) is 17.2. The van der Waals surface area contributed by atoms with Crippen molar-refractivity contribution in [2.24, 2.45) is 16.6 Å². The third-order valence-electron chi connectivity index (χ3n) is 2.35. The first-order chi connectivity index (χ1) is 8.08. The molecule has 0 aromatic heterocycles. The molecule has 0 radical (unpaired) electrons. The van der Waals surface area contributed by atoms with Crippen molar-refractivity contribution in [2.45, 2.75) is 26.8 Å². The van der Waals surface area contributed by atoms with Crippen molar-refractivity contribution < 1.29 is 4.39 Å². The van der Waals surface area contributed by atoms with E-state index in [2.05, 4.69) is 24.2 Å². The number of hydrogen-bond acceptors (Lipinski definition) is 1. The van der Waals surface area contributed by atoms with E-state index in [-0.39, 0.29) is 29.8 Å². The molecule has 0 bridgehead atoms. The van der Waals surface area contributed by atoms with Gasteiger partial charge in [-0.3, -0.25) is 0 Å². The van der Waals surface area contributed by atoms with Gasteiger partial charge in [0.05, 0.1) is 6.54 Å². The van der Waals surface area contributed by atoms with Gasteiger partial charge >= 0.3 is 0 Å². The molecule has 0 aliphatic rings. The summed E-state index contributed by atoms with van der Waals surface area (Å²) in [6.07, 6.45) is 1.05. The van der Waals surface area contributed by atoms with Gasteiger partial charge in [0.1, 0.15) is 5.82 Å². The predicted molar refractivity (Wildman–Crippen MR) is 84.6 cm³/mol. The summed E-state index contributed by atoms with van der Waals surface area (Å²) in [6, 6.07) is 6.37. The zero-order valence-corrected chi connectivity index (χ0v) is 13.1. The maximum absolute atomic E-state index is 12.9. The van der Waals surface area contributed by atoms with E-state index in [1.165, 1.54) is 12.1 Å². The lowest BCUT2D eigenvalue weighted by Gasteiger charge is -2.07. The molecule has 1 aromatic rings. The molecule has 18 heavy (non-hydrogen) atoms. The molecule has 0 aliphatic heterocycles. The Morgan fingerprint density at radius 1 is 1.44 bits per heavy atom. The normalized spacial score (nSPS) is 11.2. The molecule has 0 heterocycles. The van der Waals surface area contributed by atoms with Crippen LogP contribution in [0.5, 0.6) is 0 Å². The summed E-state index contributed by atoms with van der Waals surface area (Å²) in [5.74, 6) is 0.803. The van der Waals surface area contributed by atoms with E-state index >= 15 is 0 Å². The van der Waals surface area contributed by atoms with Gasteiger partial charge < -0.3 is 11.1 Å². The predicted octanol–water partition coefficient (Wildman–Crippen LogP) is 2.89. The fraction of sp³-hybridized carbons (Fsp3) is 0.462. The van der Waals surface area contributed by atoms with Crippen LogP contribution < -0.4 is 11.1 Å². The van der Waals surface area contributed by atoms with Crippen LogP contribution in [0.1, 0.15) is 25.8 Å². The highest BCUT2D eigenvalue weighted by Crippen LogP contribution is 2.04. The van der Waals surface area contributed by atoms with Crippen molar-refractivity contribution in [2.75, 3.05) is 6.54 Å². The van der Waals surface area contributed by atoms with E-state index < -0.39 is 0 Å². The van der Waals surface area contributed by atoms with Crippen molar-refractivity contribution in [3.63, 3.8) is 0 Å². The van der Waals surface area contributed by atoms with Crippen LogP contribution in [0.4, 0.5) is 4.39 Å². The lowest BCUT2D eigenvalue weighted by atomic mass is 10.1. The molecule has 3 nitrogen and oxygen atoms in total. The summed E-state index contributed by atoms with van der Waals surface area (Å²) in [7, 11) is 0. The smallest absolute Gasteiger partial charge is 0.188 e. The van der Waals surface area contributed by atoms with Gasteiger partial charge in [-0.05, 0) is 30.0 Å². The molecule has 102 valence electrons. The number of hydrogen-bond donors (Lipinski definition) is 2. The minimum atomic E-state index is -0.246. The van der Waals surface area contributed by atoms with Gasteiger partial charge in [-0.15, -0.1) is 24.0 Å². The van der Waals surface area contributed by atoms with Crippen LogP contribution in [0.25, 0.3) is 0 Å². The molecule has 0 fully saturated rings. The Kier molecular flexibility index (Phi) is 8.70. The Balaban J connectivity index is 0.00000289. The highest BCUT2D eigenvalue weighted by molar-refractivity contribution is 14.0. The van der Waals surface area contributed by atoms with Crippen LogP contribution in [0.3, 0.4) is 0 Å². The van der Waals surface area contributed by atoms with Crippen LogP contribution >= 0.6 is 24.0 Å². The zero-order valence-electron chi connectivity index (χ0n) is 10.8. The zero-order chi connectivity index (χ0) is 12.7. The van der Waals surface area contributed by atoms with Gasteiger partial charge in [-0.2, -0.15) is 0 Å². The number of guanidine groups is 1. The van der Waals surface area contributed by atoms with Crippen LogP contribution in [-0.2, 0) is 6.54 Å². The lowest BCUT2D eigenvalue weighted by Crippen LogP contribution is -2.32. The number of nitrogens with zero attached hydrogens (tertiary/aromatic N) is 1. The van der Waals surface area contributed by atoms with Gasteiger partial charge in [0.15, 0.2) is 5.96 Å². The van der Waals surface area contributed by atoms with Gasteiger partial charge in [0.2, 0.25) is 0 Å². The number of halogens is 2. The second-order valence-electron chi connectivity index (χ2n) is 4.44. The molecular formula is C13H21FIN3. The fourth-order valence-corrected chi connectivity index (χ4v) is 1.36. The molecular weight excluding hydrogens is 344 g/mol. The van der Waals surface area contributed by atoms with E-state index in [1.54, 1.807) is 6.07 Å². The molecule has 0 atom stereocenters. The molecule has 1 rings (SSSR count). The molecule has 1 aromatic carbocycles. The monoisotopic (exact) mass is 365 g/mol. The first-order valence-electron chi connectivity index (χ1n) is 5.86. The van der Waals surface area contributed by atoms with Gasteiger partial charge in [0, 0.05) is 6.54 Å². The fourth-order valence-electron chi connectivity index (χ4n) is 1.36. The Bertz CT molecular complexity index is 380. The maximum atomic E-state index is 12.9. The topological polar surface area (TPSA) is 50.4 Å². The minimum absolute atomic E-state index is 0. The molecule has 0 saturated carbocycles. The molecule has 3 N–H and O–H groups in total. The molecule has 0 aliphatic carbocycles. The van der Waals surface area contributed by atoms with Gasteiger partial charge in [0.25, 0.3) is 0 Å². The summed E-state index contributed by atoms with van der Waals surface area (Å²) in [6.45, 7) is 5.53. The van der Waals surface area contributed by atoms with Gasteiger partial charge in [-0.25, -0.2) is 9.38 Å². The van der Waals surface area contributed by atoms with Crippen LogP contribution in [0, 0.1) is 11.7 Å². The third kappa shape index (κ3) is 7.47. The van der Waals surface area contributed by atoms with Crippen molar-refractivity contribution in [1.82, 2.24) is 5.32 Å². The summed E-state index contributed by atoms with van der Waals surface area (Å²) < 4.78 is 12.9. The summed E-state index contributed by atoms with van der Waals surface area (Å²) in [5.41, 5.74) is 6.51. The standard InChI is InChI=1S/C13H20FN3.HI/c1-10(2)6-7-16-13(15)17-9-11-4-3-5-12(14)8-11;/h3-5,8,10H,6-7,9H2,1-2H3,(H3,15,16,17);1H. The van der Waals surface area contributed by atoms with Crippen molar-refractivity contribution >= 4 is 29.9 Å². The Hall–Kier alpha value is -0.850. The van der Waals surface area contributed by atoms with E-state index in [0.29, 0.717) is 18.4 Å². The highest BCUT2D eigenvalue weighted by atomic mass is 127. The van der Waals surface area contributed by atoms with E-state index in [1.807, 2.05) is 6.07 Å². The third-order valence-corrected chi connectivity index (χ3v) is 2.35. The average molecular weight is 365 g/mol. The largest absolute Gasteiger partial charge is 0.370 e. The van der Waals surface area contributed by atoms with E-state index in [4.69, 9.17) is 5.73 Å². The lowest BCUT2D eigenvalue weighted by molar-refractivity contribution is 0.576. The van der Waals surface area contributed by atoms with Crippen LogP contribution in [0.15, 0.2) is 29.3 Å². The Morgan fingerprint density at radius 3 is 2.78 bits per heavy atom. The Labute approximate surface area is 125 Å². The summed E-state index contributed by atoms with van der Waals surface area (Å²) in [4.78, 5) is 4.15. The Morgan fingerprint density at radius 2 is 2.17 bits per heavy atom. The number of nitrogens with one attached hydrogen (secondary N) is 1. The average Bonchev–Trinajstić information content (AvgIpc) is 2.26. The molecule has 0 amide bonds. The minimum Gasteiger partial charge on any atom is -0.370 e. The number of aliphatic imine (C=N–C) groups is 1. The van der Waals surface area contributed by atoms with Crippen molar-refractivity contribution in [3.8, 4) is 0 Å². The van der Waals surface area contributed by atoms with E-state index in [0.717, 1.165) is 18.5 Å². The molecule has 0 saturated heterocycles. The van der Waals surface area contributed by atoms with Crippen LogP contribution in [0.2, 0.25) is 0 Å². The number of nitrogens with two attached hydrogens (primary N) is 1. The quantitative estimate of drug-likeness (QED) is 0.479. The van der Waals surface area contributed by atoms with Gasteiger partial charge in [-0.1, -0.05) is 26.0 Å². The summed E-state index contributed by atoms with van der Waals surface area (Å²) in [5, 5.41) is 3.03. The highest BCUT2D eigenvalue weighted by Gasteiger charge is 1.96. The van der Waals surface area contributed by atoms with Crippen LogP contribution in [-0.4, -0.2) is 12.5 Å². The summed E-state index contributed by atoms with van der Waals surface area (Å²) >= 11 is 0. The number of benzene rings is 1.